The highest BCUT2D eigenvalue weighted by atomic mass is 32.2. The number of carboxylic acids is 1. The second kappa shape index (κ2) is 13.1. The Hall–Kier alpha value is -3.05. The van der Waals surface area contributed by atoms with Crippen LogP contribution in [0.5, 0.6) is 0 Å². The summed E-state index contributed by atoms with van der Waals surface area (Å²) in [6, 6.07) is 3.85. The molecular formula is C24H35N5O5S. The highest BCUT2D eigenvalue weighted by molar-refractivity contribution is 7.98. The van der Waals surface area contributed by atoms with Crippen molar-refractivity contribution in [3.05, 3.63) is 36.0 Å². The number of aliphatic carboxylic acids is 1. The molecule has 2 aromatic rings. The molecule has 0 saturated heterocycles. The number of benzene rings is 1. The van der Waals surface area contributed by atoms with E-state index in [0.717, 1.165) is 16.5 Å². The number of carboxylic acid groups (broad SMARTS) is 1. The molecule has 0 aliphatic carbocycles. The Balaban J connectivity index is 1.95. The van der Waals surface area contributed by atoms with E-state index in [1.54, 1.807) is 13.8 Å². The number of carbonyl (C=O) groups is 4. The van der Waals surface area contributed by atoms with E-state index >= 15 is 0 Å². The summed E-state index contributed by atoms with van der Waals surface area (Å²) in [6.07, 6.45) is 4.21. The molecular weight excluding hydrogens is 470 g/mol. The van der Waals surface area contributed by atoms with E-state index in [1.807, 2.05) is 36.7 Å². The third-order valence-electron chi connectivity index (χ3n) is 5.68. The number of nitrogens with two attached hydrogens (primary N) is 1. The van der Waals surface area contributed by atoms with Gasteiger partial charge in [-0.25, -0.2) is 4.79 Å². The Labute approximate surface area is 209 Å². The predicted octanol–water partition coefficient (Wildman–Crippen LogP) is 1.01. The first-order valence-electron chi connectivity index (χ1n) is 11.5. The normalized spacial score (nSPS) is 14.7. The van der Waals surface area contributed by atoms with Crippen molar-refractivity contribution in [2.75, 3.05) is 12.0 Å². The molecule has 0 fully saturated rings. The van der Waals surface area contributed by atoms with Gasteiger partial charge in [-0.3, -0.25) is 14.4 Å². The van der Waals surface area contributed by atoms with Crippen LogP contribution in [0.25, 0.3) is 10.9 Å². The molecule has 11 heteroatoms. The van der Waals surface area contributed by atoms with Gasteiger partial charge in [-0.1, -0.05) is 32.0 Å². The van der Waals surface area contributed by atoms with Gasteiger partial charge in [0.25, 0.3) is 0 Å². The number of carbonyl (C=O) groups excluding carboxylic acids is 3. The summed E-state index contributed by atoms with van der Waals surface area (Å²) in [5, 5.41) is 18.1. The smallest absolute Gasteiger partial charge is 0.326 e. The summed E-state index contributed by atoms with van der Waals surface area (Å²) in [5.41, 5.74) is 7.93. The van der Waals surface area contributed by atoms with Crippen LogP contribution in [0.4, 0.5) is 0 Å². The topological polar surface area (TPSA) is 166 Å². The van der Waals surface area contributed by atoms with E-state index in [-0.39, 0.29) is 18.8 Å². The van der Waals surface area contributed by atoms with Crippen molar-refractivity contribution in [2.24, 2.45) is 11.7 Å². The molecule has 2 rings (SSSR count). The van der Waals surface area contributed by atoms with Crippen LogP contribution in [-0.4, -0.2) is 70.0 Å². The van der Waals surface area contributed by atoms with Crippen molar-refractivity contribution in [1.29, 1.82) is 0 Å². The Morgan fingerprint density at radius 3 is 2.34 bits per heavy atom. The number of thioether (sulfide) groups is 1. The minimum atomic E-state index is -1.13. The largest absolute Gasteiger partial charge is 0.480 e. The molecule has 35 heavy (non-hydrogen) atoms. The van der Waals surface area contributed by atoms with Crippen molar-refractivity contribution in [3.63, 3.8) is 0 Å². The number of para-hydroxylation sites is 1. The van der Waals surface area contributed by atoms with Crippen molar-refractivity contribution >= 4 is 46.4 Å². The monoisotopic (exact) mass is 505 g/mol. The zero-order valence-electron chi connectivity index (χ0n) is 20.5. The average Bonchev–Trinajstić information content (AvgIpc) is 3.21. The molecule has 0 saturated carbocycles. The molecule has 4 unspecified atom stereocenters. The number of fused-ring (bicyclic) bond motifs is 1. The second-order valence-corrected chi connectivity index (χ2v) is 9.80. The number of rotatable bonds is 13. The van der Waals surface area contributed by atoms with Crippen LogP contribution in [0.2, 0.25) is 0 Å². The van der Waals surface area contributed by atoms with E-state index in [9.17, 15) is 24.3 Å². The number of aromatic amines is 1. The summed E-state index contributed by atoms with van der Waals surface area (Å²) in [7, 11) is 0. The molecule has 0 bridgehead atoms. The van der Waals surface area contributed by atoms with Gasteiger partial charge >= 0.3 is 5.97 Å². The standard InChI is InChI=1S/C24H35N5O5S/c1-13(2)20(23(32)28-19(24(33)34)9-10-35-4)29-21(30)14(3)27-22(31)17(25)11-15-12-26-18-8-6-5-7-16(15)18/h5-8,12-14,17,19-20,26H,9-11,25H2,1-4H3,(H,27,31)(H,28,32)(H,29,30)(H,33,34). The quantitative estimate of drug-likeness (QED) is 0.236. The van der Waals surface area contributed by atoms with Gasteiger partial charge in [0.15, 0.2) is 0 Å². The Bertz CT molecular complexity index is 1040. The summed E-state index contributed by atoms with van der Waals surface area (Å²) >= 11 is 1.48. The first-order valence-corrected chi connectivity index (χ1v) is 12.9. The van der Waals surface area contributed by atoms with E-state index in [4.69, 9.17) is 5.73 Å². The molecule has 3 amide bonds. The highest BCUT2D eigenvalue weighted by Crippen LogP contribution is 2.18. The molecule has 4 atom stereocenters. The first kappa shape index (κ1) is 28.2. The highest BCUT2D eigenvalue weighted by Gasteiger charge is 2.30. The maximum absolute atomic E-state index is 12.7. The maximum Gasteiger partial charge on any atom is 0.326 e. The second-order valence-electron chi connectivity index (χ2n) is 8.81. The van der Waals surface area contributed by atoms with Crippen molar-refractivity contribution < 1.29 is 24.3 Å². The van der Waals surface area contributed by atoms with Crippen molar-refractivity contribution in [2.45, 2.75) is 57.8 Å². The molecule has 0 aliphatic heterocycles. The predicted molar refractivity (Wildman–Crippen MR) is 137 cm³/mol. The van der Waals surface area contributed by atoms with Gasteiger partial charge in [-0.15, -0.1) is 0 Å². The van der Waals surface area contributed by atoms with E-state index < -0.39 is 47.9 Å². The molecule has 1 aromatic carbocycles. The summed E-state index contributed by atoms with van der Waals surface area (Å²) in [5.74, 6) is -2.52. The number of H-pyrrole nitrogens is 1. The Morgan fingerprint density at radius 1 is 1.03 bits per heavy atom. The average molecular weight is 506 g/mol. The number of aromatic nitrogens is 1. The first-order chi connectivity index (χ1) is 16.5. The van der Waals surface area contributed by atoms with Crippen LogP contribution in [0.15, 0.2) is 30.5 Å². The van der Waals surface area contributed by atoms with E-state index in [2.05, 4.69) is 20.9 Å². The van der Waals surface area contributed by atoms with Gasteiger partial charge < -0.3 is 31.8 Å². The van der Waals surface area contributed by atoms with Gasteiger partial charge in [0.05, 0.1) is 6.04 Å². The summed E-state index contributed by atoms with van der Waals surface area (Å²) in [4.78, 5) is 52.7. The van der Waals surface area contributed by atoms with Crippen LogP contribution in [0.3, 0.4) is 0 Å². The molecule has 0 spiro atoms. The third kappa shape index (κ3) is 8.00. The van der Waals surface area contributed by atoms with Crippen molar-refractivity contribution in [1.82, 2.24) is 20.9 Å². The molecule has 7 N–H and O–H groups in total. The minimum absolute atomic E-state index is 0.266. The van der Waals surface area contributed by atoms with Crippen LogP contribution < -0.4 is 21.7 Å². The molecule has 1 heterocycles. The molecule has 0 radical (unpaired) electrons. The zero-order valence-corrected chi connectivity index (χ0v) is 21.3. The van der Waals surface area contributed by atoms with Crippen LogP contribution in [-0.2, 0) is 25.6 Å². The van der Waals surface area contributed by atoms with Gasteiger partial charge in [0.2, 0.25) is 17.7 Å². The lowest BCUT2D eigenvalue weighted by atomic mass is 10.0. The molecule has 0 aliphatic rings. The van der Waals surface area contributed by atoms with Gasteiger partial charge in [-0.2, -0.15) is 11.8 Å². The zero-order chi connectivity index (χ0) is 26.1. The minimum Gasteiger partial charge on any atom is -0.480 e. The molecule has 192 valence electrons. The van der Waals surface area contributed by atoms with Gasteiger partial charge in [-0.05, 0) is 49.3 Å². The third-order valence-corrected chi connectivity index (χ3v) is 6.32. The van der Waals surface area contributed by atoms with E-state index in [1.165, 1.54) is 18.7 Å². The number of hydrogen-bond acceptors (Lipinski definition) is 6. The number of amides is 3. The Kier molecular flexibility index (Phi) is 10.6. The van der Waals surface area contributed by atoms with E-state index in [0.29, 0.717) is 5.75 Å². The van der Waals surface area contributed by atoms with Crippen LogP contribution in [0.1, 0.15) is 32.8 Å². The lowest BCUT2D eigenvalue weighted by Gasteiger charge is -2.26. The van der Waals surface area contributed by atoms with Crippen LogP contribution in [0, 0.1) is 5.92 Å². The lowest BCUT2D eigenvalue weighted by Crippen LogP contribution is -2.58. The van der Waals surface area contributed by atoms with Crippen LogP contribution >= 0.6 is 11.8 Å². The SMILES string of the molecule is CSCCC(NC(=O)C(NC(=O)C(C)NC(=O)C(N)Cc1c[nH]c2ccccc12)C(C)C)C(=O)O. The fourth-order valence-corrected chi connectivity index (χ4v) is 4.06. The van der Waals surface area contributed by atoms with Crippen molar-refractivity contribution in [3.8, 4) is 0 Å². The molecule has 1 aromatic heterocycles. The molecule has 10 nitrogen and oxygen atoms in total. The number of nitrogens with one attached hydrogen (secondary N) is 4. The fourth-order valence-electron chi connectivity index (χ4n) is 3.58. The summed E-state index contributed by atoms with van der Waals surface area (Å²) in [6.45, 7) is 4.98. The van der Waals surface area contributed by atoms with Gasteiger partial charge in [0.1, 0.15) is 18.1 Å². The fraction of sp³-hybridized carbons (Fsp3) is 0.500. The maximum atomic E-state index is 12.7. The summed E-state index contributed by atoms with van der Waals surface area (Å²) < 4.78 is 0. The van der Waals surface area contributed by atoms with Gasteiger partial charge in [0, 0.05) is 17.1 Å². The lowest BCUT2D eigenvalue weighted by molar-refractivity contribution is -0.142. The Morgan fingerprint density at radius 2 is 1.71 bits per heavy atom. The number of hydrogen-bond donors (Lipinski definition) is 6.